The predicted octanol–water partition coefficient (Wildman–Crippen LogP) is 2.47. The van der Waals surface area contributed by atoms with Gasteiger partial charge in [0.25, 0.3) is 5.91 Å². The highest BCUT2D eigenvalue weighted by Crippen LogP contribution is 2.27. The number of piperidine rings is 1. The van der Waals surface area contributed by atoms with E-state index in [9.17, 15) is 4.79 Å². The third-order valence-corrected chi connectivity index (χ3v) is 4.82. The first-order valence-corrected chi connectivity index (χ1v) is 9.20. The van der Waals surface area contributed by atoms with Crippen molar-refractivity contribution in [1.29, 1.82) is 0 Å². The van der Waals surface area contributed by atoms with Crippen molar-refractivity contribution in [2.75, 3.05) is 19.8 Å². The first-order valence-electron chi connectivity index (χ1n) is 9.20. The quantitative estimate of drug-likeness (QED) is 0.829. The maximum absolute atomic E-state index is 13.2. The summed E-state index contributed by atoms with van der Waals surface area (Å²) in [5, 5.41) is 4.47. The van der Waals surface area contributed by atoms with Crippen LogP contribution >= 0.6 is 0 Å². The molecule has 0 spiro atoms. The molecule has 0 bridgehead atoms. The Bertz CT molecular complexity index is 564. The minimum absolute atomic E-state index is 0.0203. The number of hydrogen-bond donors (Lipinski definition) is 0. The maximum atomic E-state index is 13.2. The van der Waals surface area contributed by atoms with E-state index in [0.29, 0.717) is 19.1 Å². The number of carbonyl (C=O) groups is 1. The molecule has 1 amide bonds. The van der Waals surface area contributed by atoms with Crippen molar-refractivity contribution in [1.82, 2.24) is 14.7 Å². The molecular formula is C18H29N3O3. The van der Waals surface area contributed by atoms with Crippen LogP contribution in [-0.4, -0.2) is 52.7 Å². The fraction of sp³-hybridized carbons (Fsp3) is 0.778. The lowest BCUT2D eigenvalue weighted by atomic mass is 10.00. The monoisotopic (exact) mass is 335 g/mol. The molecule has 6 nitrogen and oxygen atoms in total. The van der Waals surface area contributed by atoms with Crippen molar-refractivity contribution >= 4 is 5.91 Å². The van der Waals surface area contributed by atoms with Crippen LogP contribution in [0.15, 0.2) is 6.20 Å². The highest BCUT2D eigenvalue weighted by Gasteiger charge is 2.37. The van der Waals surface area contributed by atoms with Gasteiger partial charge in [0.05, 0.1) is 36.7 Å². The van der Waals surface area contributed by atoms with Gasteiger partial charge in [-0.25, -0.2) is 0 Å². The van der Waals surface area contributed by atoms with Gasteiger partial charge in [0, 0.05) is 13.1 Å². The smallest absolute Gasteiger partial charge is 0.257 e. The summed E-state index contributed by atoms with van der Waals surface area (Å²) >= 11 is 0. The first kappa shape index (κ1) is 17.4. The van der Waals surface area contributed by atoms with Crippen LogP contribution in [0.1, 0.15) is 56.1 Å². The van der Waals surface area contributed by atoms with Crippen molar-refractivity contribution < 1.29 is 14.3 Å². The molecular weight excluding hydrogens is 306 g/mol. The van der Waals surface area contributed by atoms with Gasteiger partial charge in [0.15, 0.2) is 6.29 Å². The highest BCUT2D eigenvalue weighted by atomic mass is 16.7. The Morgan fingerprint density at radius 2 is 2.08 bits per heavy atom. The Morgan fingerprint density at radius 3 is 2.75 bits per heavy atom. The molecule has 6 heteroatoms. The molecule has 3 heterocycles. The number of nitrogens with zero attached hydrogens (tertiary/aromatic N) is 3. The molecule has 24 heavy (non-hydrogen) atoms. The van der Waals surface area contributed by atoms with E-state index >= 15 is 0 Å². The van der Waals surface area contributed by atoms with Crippen LogP contribution in [0, 0.1) is 5.92 Å². The molecule has 3 rings (SSSR count). The summed E-state index contributed by atoms with van der Waals surface area (Å²) < 4.78 is 13.4. The number of ether oxygens (including phenoxy) is 2. The minimum atomic E-state index is -0.273. The van der Waals surface area contributed by atoms with Gasteiger partial charge in [-0.1, -0.05) is 20.8 Å². The summed E-state index contributed by atoms with van der Waals surface area (Å²) in [6.07, 6.45) is 5.37. The lowest BCUT2D eigenvalue weighted by Gasteiger charge is -2.38. The maximum Gasteiger partial charge on any atom is 0.257 e. The molecule has 2 aliphatic heterocycles. The molecule has 0 saturated carbocycles. The number of amides is 1. The minimum Gasteiger partial charge on any atom is -0.348 e. The highest BCUT2D eigenvalue weighted by molar-refractivity contribution is 5.95. The van der Waals surface area contributed by atoms with E-state index in [1.165, 1.54) is 0 Å². The van der Waals surface area contributed by atoms with Gasteiger partial charge in [-0.2, -0.15) is 5.10 Å². The van der Waals surface area contributed by atoms with Crippen LogP contribution in [0.3, 0.4) is 0 Å². The Morgan fingerprint density at radius 1 is 1.33 bits per heavy atom. The summed E-state index contributed by atoms with van der Waals surface area (Å²) in [5.41, 5.74) is 1.77. The predicted molar refractivity (Wildman–Crippen MR) is 90.8 cm³/mol. The summed E-state index contributed by atoms with van der Waals surface area (Å²) in [6, 6.07) is 0.0203. The van der Waals surface area contributed by atoms with Crippen LogP contribution in [0.5, 0.6) is 0 Å². The standard InChI is InChI=1S/C18H29N3O3/c1-4-15-14(11-19-21(15)12-13(2)3)17(22)20-8-6-5-7-16(20)18-23-9-10-24-18/h11,13,16,18H,4-10,12H2,1-3H3/t16-/m1/s1. The number of rotatable bonds is 5. The van der Waals surface area contributed by atoms with E-state index in [0.717, 1.165) is 50.0 Å². The molecule has 0 N–H and O–H groups in total. The zero-order valence-corrected chi connectivity index (χ0v) is 15.0. The van der Waals surface area contributed by atoms with E-state index in [4.69, 9.17) is 9.47 Å². The molecule has 2 saturated heterocycles. The average Bonchev–Trinajstić information content (AvgIpc) is 3.23. The van der Waals surface area contributed by atoms with Gasteiger partial charge < -0.3 is 14.4 Å². The number of likely N-dealkylation sites (tertiary alicyclic amines) is 1. The molecule has 1 atom stereocenters. The zero-order valence-electron chi connectivity index (χ0n) is 15.0. The van der Waals surface area contributed by atoms with Gasteiger partial charge in [0.2, 0.25) is 0 Å². The molecule has 2 fully saturated rings. The topological polar surface area (TPSA) is 56.6 Å². The van der Waals surface area contributed by atoms with Gasteiger partial charge >= 0.3 is 0 Å². The normalized spacial score (nSPS) is 22.5. The molecule has 0 aliphatic carbocycles. The number of aromatic nitrogens is 2. The molecule has 0 aromatic carbocycles. The Kier molecular flexibility index (Phi) is 5.56. The molecule has 0 unspecified atom stereocenters. The lowest BCUT2D eigenvalue weighted by Crippen LogP contribution is -2.50. The van der Waals surface area contributed by atoms with E-state index in [1.54, 1.807) is 6.20 Å². The van der Waals surface area contributed by atoms with Crippen molar-refractivity contribution in [2.24, 2.45) is 5.92 Å². The van der Waals surface area contributed by atoms with Crippen LogP contribution in [0.4, 0.5) is 0 Å². The zero-order chi connectivity index (χ0) is 17.1. The van der Waals surface area contributed by atoms with Gasteiger partial charge in [-0.05, 0) is 31.6 Å². The second-order valence-electron chi connectivity index (χ2n) is 7.11. The molecule has 2 aliphatic rings. The van der Waals surface area contributed by atoms with Crippen molar-refractivity contribution in [3.8, 4) is 0 Å². The summed E-state index contributed by atoms with van der Waals surface area (Å²) in [7, 11) is 0. The van der Waals surface area contributed by atoms with E-state index in [2.05, 4.69) is 25.9 Å². The fourth-order valence-corrected chi connectivity index (χ4v) is 3.71. The lowest BCUT2D eigenvalue weighted by molar-refractivity contribution is -0.100. The molecule has 1 aromatic rings. The van der Waals surface area contributed by atoms with Gasteiger partial charge in [-0.3, -0.25) is 9.48 Å². The summed E-state index contributed by atoms with van der Waals surface area (Å²) in [6.45, 7) is 9.27. The van der Waals surface area contributed by atoms with Crippen LogP contribution in [0.2, 0.25) is 0 Å². The fourth-order valence-electron chi connectivity index (χ4n) is 3.71. The van der Waals surface area contributed by atoms with Crippen LogP contribution in [0.25, 0.3) is 0 Å². The Hall–Kier alpha value is -1.40. The molecule has 134 valence electrons. The third kappa shape index (κ3) is 3.49. The average molecular weight is 335 g/mol. The third-order valence-electron chi connectivity index (χ3n) is 4.82. The van der Waals surface area contributed by atoms with Crippen molar-refractivity contribution in [3.63, 3.8) is 0 Å². The molecule has 0 radical (unpaired) electrons. The van der Waals surface area contributed by atoms with Crippen LogP contribution in [-0.2, 0) is 22.4 Å². The van der Waals surface area contributed by atoms with Gasteiger partial charge in [-0.15, -0.1) is 0 Å². The first-order chi connectivity index (χ1) is 11.6. The van der Waals surface area contributed by atoms with Crippen LogP contribution < -0.4 is 0 Å². The van der Waals surface area contributed by atoms with E-state index in [1.807, 2.05) is 9.58 Å². The Balaban J connectivity index is 1.82. The second-order valence-corrected chi connectivity index (χ2v) is 7.11. The second kappa shape index (κ2) is 7.66. The van der Waals surface area contributed by atoms with Crippen molar-refractivity contribution in [3.05, 3.63) is 17.5 Å². The number of carbonyl (C=O) groups excluding carboxylic acids is 1. The largest absolute Gasteiger partial charge is 0.348 e. The summed E-state index contributed by atoms with van der Waals surface area (Å²) in [4.78, 5) is 15.2. The molecule has 1 aromatic heterocycles. The SMILES string of the molecule is CCc1c(C(=O)N2CCCC[C@@H]2C2OCCO2)cnn1CC(C)C. The van der Waals surface area contributed by atoms with E-state index < -0.39 is 0 Å². The summed E-state index contributed by atoms with van der Waals surface area (Å²) in [5.74, 6) is 0.576. The van der Waals surface area contributed by atoms with Crippen molar-refractivity contribution in [2.45, 2.75) is 65.3 Å². The van der Waals surface area contributed by atoms with Gasteiger partial charge in [0.1, 0.15) is 0 Å². The van der Waals surface area contributed by atoms with E-state index in [-0.39, 0.29) is 18.2 Å². The Labute approximate surface area is 144 Å². The number of hydrogen-bond acceptors (Lipinski definition) is 4.